The van der Waals surface area contributed by atoms with Gasteiger partial charge in [-0.25, -0.2) is 16.8 Å². The van der Waals surface area contributed by atoms with Gasteiger partial charge in [0.15, 0.2) is 0 Å². The monoisotopic (exact) mass is 1270 g/mol. The van der Waals surface area contributed by atoms with E-state index in [4.69, 9.17) is 8.37 Å². The summed E-state index contributed by atoms with van der Waals surface area (Å²) in [6, 6.07) is 0. The third-order valence-electron chi connectivity index (χ3n) is 26.0. The van der Waals surface area contributed by atoms with Crippen LogP contribution in [0.4, 0.5) is 0 Å². The predicted molar refractivity (Wildman–Crippen MR) is 334 cm³/mol. The minimum absolute atomic E-state index is 0.0255. The van der Waals surface area contributed by atoms with Crippen molar-refractivity contribution >= 4 is 38.1 Å². The van der Waals surface area contributed by atoms with Gasteiger partial charge in [-0.1, -0.05) is 76.5 Å². The third-order valence-corrected chi connectivity index (χ3v) is 27.0. The summed E-state index contributed by atoms with van der Waals surface area (Å²) in [4.78, 5) is 39.5. The molecule has 0 aromatic carbocycles. The van der Waals surface area contributed by atoms with E-state index in [2.05, 4.69) is 102 Å². The molecule has 0 unspecified atom stereocenters. The zero-order valence-corrected chi connectivity index (χ0v) is 57.7. The number of nitrogens with one attached hydrogen (secondary N) is 2. The second-order valence-corrected chi connectivity index (χ2v) is 34.7. The molecule has 0 aliphatic heterocycles. The Kier molecular flexibility index (Phi) is 21.6. The first-order valence-corrected chi connectivity index (χ1v) is 36.5. The molecule has 24 atom stereocenters. The van der Waals surface area contributed by atoms with Gasteiger partial charge < -0.3 is 39.3 Å². The van der Waals surface area contributed by atoms with E-state index in [0.29, 0.717) is 98.6 Å². The quantitative estimate of drug-likeness (QED) is 0.0855. The minimum atomic E-state index is -4.71. The molecule has 502 valence electrons. The fraction of sp³-hybridized carbons (Fsp3) is 0.870. The maximum absolute atomic E-state index is 12.2. The first kappa shape index (κ1) is 71.6. The fourth-order valence-corrected chi connectivity index (χ4v) is 23.8. The van der Waals surface area contributed by atoms with Crippen LogP contribution in [0.2, 0.25) is 0 Å². The van der Waals surface area contributed by atoms with Gasteiger partial charge in [0.1, 0.15) is 17.3 Å². The molecule has 0 heterocycles. The highest BCUT2D eigenvalue weighted by molar-refractivity contribution is 7.81. The standard InChI is InChI=1S/2C21H32O6S.C21H32O3.2C3H9N/c2*1-12(22)16-6-7-17-15-5-4-13-10-14(27-28(24,25)26)8-9-20(13,2)19(15)18(23)11-21(16,17)3;1-12(22)16-6-7-17-15-5-4-13-10-14(23)8-9-20(13,2)19(15)18(24)11-21(16,17)3;2*1-4(2)3/h2*4,14-19,23H,5-11H2,1-3H3,(H,24,25,26);4,14-19,23-24H,5-11H2,1-3H3;2*1-3H3/t3*14-,15-,16+,17-,18-,19+,20-,21+;;/m000../s1. The molecular formula is C69H114N2O15S2. The Morgan fingerprint density at radius 1 is 0.455 bits per heavy atom. The lowest BCUT2D eigenvalue weighted by molar-refractivity contribution is -0.836. The van der Waals surface area contributed by atoms with Gasteiger partial charge in [0, 0.05) is 17.8 Å². The second kappa shape index (κ2) is 26.5. The number of hydrogen-bond acceptors (Lipinski definition) is 15. The number of aliphatic hydroxyl groups is 4. The van der Waals surface area contributed by atoms with Gasteiger partial charge in [0.2, 0.25) is 20.8 Å². The normalized spacial score (nSPS) is 46.1. The number of fused-ring (bicyclic) bond motifs is 15. The molecule has 88 heavy (non-hydrogen) atoms. The van der Waals surface area contributed by atoms with Crippen LogP contribution in [-0.2, 0) is 43.5 Å². The summed E-state index contributed by atoms with van der Waals surface area (Å²) in [6.45, 7) is 18.4. The second-order valence-electron chi connectivity index (χ2n) is 32.7. The smallest absolute Gasteiger partial charge is 0.217 e. The van der Waals surface area contributed by atoms with Crippen LogP contribution < -0.4 is 9.80 Å². The van der Waals surface area contributed by atoms with E-state index in [0.717, 1.165) is 94.6 Å². The van der Waals surface area contributed by atoms with Crippen molar-refractivity contribution in [3.05, 3.63) is 34.9 Å². The number of ketones is 3. The van der Waals surface area contributed by atoms with Gasteiger partial charge in [0.25, 0.3) is 0 Å². The molecule has 0 saturated heterocycles. The summed E-state index contributed by atoms with van der Waals surface area (Å²) < 4.78 is 75.5. The maximum Gasteiger partial charge on any atom is 0.217 e. The van der Waals surface area contributed by atoms with Crippen molar-refractivity contribution in [1.82, 2.24) is 0 Å². The molecule has 0 aromatic heterocycles. The molecule has 0 aromatic rings. The van der Waals surface area contributed by atoms with Crippen LogP contribution in [0.3, 0.4) is 0 Å². The molecular weight excluding hydrogens is 1160 g/mol. The van der Waals surface area contributed by atoms with Crippen molar-refractivity contribution in [2.75, 3.05) is 42.3 Å². The molecule has 0 bridgehead atoms. The molecule has 9 saturated carbocycles. The average Bonchev–Trinajstić information content (AvgIpc) is 1.31. The number of aliphatic hydroxyl groups excluding tert-OH is 4. The Morgan fingerprint density at radius 3 is 0.977 bits per heavy atom. The summed E-state index contributed by atoms with van der Waals surface area (Å²) >= 11 is 0. The molecule has 6 N–H and O–H groups in total. The molecule has 12 rings (SSSR count). The Bertz CT molecular complexity index is 2750. The zero-order chi connectivity index (χ0) is 65.4. The van der Waals surface area contributed by atoms with E-state index < -0.39 is 45.2 Å². The van der Waals surface area contributed by atoms with Crippen LogP contribution in [0.5, 0.6) is 0 Å². The lowest BCUT2D eigenvalue weighted by Gasteiger charge is -2.59. The Hall–Kier alpha value is -2.27. The SMILES string of the molecule is CC(=O)[C@H]1CC[C@H]2[C@@H]3CC=C4C[C@@H](O)CC[C@]4(C)[C@H]3[C@@H](O)C[C@]12C.CC(=O)[C@H]1CC[C@H]2[C@@H]3CC=C4C[C@@H](OS(=O)(=O)[O-])CC[C@]4(C)[C@H]3[C@@H](O)C[C@]12C.CC(=O)[C@H]1CC[C@H]2[C@@H]3CC=C4C[C@@H](OS(=O)(=O)[O-])CC[C@]4(C)[C@H]3[C@@H](O)C[C@]12C.C[NH+](C)C.C[NH+](C)C. The number of quaternary nitrogens is 2. The van der Waals surface area contributed by atoms with Crippen molar-refractivity contribution in [3.8, 4) is 0 Å². The Labute approximate surface area is 529 Å². The van der Waals surface area contributed by atoms with E-state index in [1.165, 1.54) is 15.4 Å². The van der Waals surface area contributed by atoms with E-state index >= 15 is 0 Å². The summed E-state index contributed by atoms with van der Waals surface area (Å²) in [5.74, 6) is 4.12. The molecule has 0 amide bonds. The van der Waals surface area contributed by atoms with Crippen molar-refractivity contribution in [2.45, 2.75) is 234 Å². The Balaban J connectivity index is 0.000000161. The number of carbonyl (C=O) groups excluding carboxylic acids is 3. The van der Waals surface area contributed by atoms with Crippen molar-refractivity contribution in [3.63, 3.8) is 0 Å². The van der Waals surface area contributed by atoms with Crippen LogP contribution in [0.1, 0.15) is 197 Å². The van der Waals surface area contributed by atoms with E-state index in [1.807, 2.05) is 0 Å². The van der Waals surface area contributed by atoms with Crippen molar-refractivity contribution in [2.24, 2.45) is 104 Å². The van der Waals surface area contributed by atoms with Gasteiger partial charge in [-0.15, -0.1) is 0 Å². The van der Waals surface area contributed by atoms with Crippen LogP contribution in [0, 0.1) is 104 Å². The van der Waals surface area contributed by atoms with Gasteiger partial charge in [-0.2, -0.15) is 0 Å². The minimum Gasteiger partial charge on any atom is -0.726 e. The van der Waals surface area contributed by atoms with Crippen LogP contribution in [0.25, 0.3) is 0 Å². The van der Waals surface area contributed by atoms with Crippen LogP contribution in [0.15, 0.2) is 34.9 Å². The number of allylic oxidation sites excluding steroid dienone is 3. The molecule has 19 heteroatoms. The largest absolute Gasteiger partial charge is 0.726 e. The van der Waals surface area contributed by atoms with E-state index in [9.17, 15) is 60.8 Å². The van der Waals surface area contributed by atoms with Gasteiger partial charge >= 0.3 is 0 Å². The summed E-state index contributed by atoms with van der Waals surface area (Å²) in [7, 11) is 3.08. The fourth-order valence-electron chi connectivity index (χ4n) is 22.8. The van der Waals surface area contributed by atoms with Crippen molar-refractivity contribution < 1.29 is 78.9 Å². The third kappa shape index (κ3) is 13.9. The number of carbonyl (C=O) groups is 3. The van der Waals surface area contributed by atoms with E-state index in [-0.39, 0.29) is 85.9 Å². The molecule has 9 fully saturated rings. The lowest BCUT2D eigenvalue weighted by Crippen LogP contribution is -3.02. The highest BCUT2D eigenvalue weighted by Crippen LogP contribution is 2.70. The summed E-state index contributed by atoms with van der Waals surface area (Å²) in [5, 5.41) is 43.8. The first-order valence-electron chi connectivity index (χ1n) is 33.8. The van der Waals surface area contributed by atoms with Crippen molar-refractivity contribution in [1.29, 1.82) is 0 Å². The highest BCUT2D eigenvalue weighted by atomic mass is 32.3. The highest BCUT2D eigenvalue weighted by Gasteiger charge is 2.66. The number of rotatable bonds is 7. The zero-order valence-electron chi connectivity index (χ0n) is 56.1. The van der Waals surface area contributed by atoms with Crippen LogP contribution in [-0.4, -0.2) is 143 Å². The number of Topliss-reactive ketones (excluding diaryl/α,β-unsaturated/α-hetero) is 3. The van der Waals surface area contributed by atoms with Crippen LogP contribution >= 0.6 is 0 Å². The van der Waals surface area contributed by atoms with Gasteiger partial charge in [-0.05, 0) is 241 Å². The molecule has 12 aliphatic rings. The van der Waals surface area contributed by atoms with E-state index in [1.54, 1.807) is 20.8 Å². The molecule has 0 radical (unpaired) electrons. The van der Waals surface area contributed by atoms with Gasteiger partial charge in [0.05, 0.1) is 78.9 Å². The summed E-state index contributed by atoms with van der Waals surface area (Å²) in [6.07, 6.45) is 20.8. The lowest BCUT2D eigenvalue weighted by atomic mass is 9.46. The summed E-state index contributed by atoms with van der Waals surface area (Å²) in [5.41, 5.74) is 2.96. The molecule has 12 aliphatic carbocycles. The average molecular weight is 1280 g/mol. The number of hydrogen-bond donors (Lipinski definition) is 6. The predicted octanol–water partition coefficient (Wildman–Crippen LogP) is 6.95. The Morgan fingerprint density at radius 2 is 0.716 bits per heavy atom. The molecule has 0 spiro atoms. The topological polar surface area (TPSA) is 274 Å². The molecule has 17 nitrogen and oxygen atoms in total. The maximum atomic E-state index is 12.2. The van der Waals surface area contributed by atoms with Gasteiger partial charge in [-0.3, -0.25) is 22.7 Å². The first-order chi connectivity index (χ1) is 40.6.